The molecular weight excluding hydrogens is 211 g/mol. The topological polar surface area (TPSA) is 63.3 Å². The molecule has 3 N–H and O–H groups in total. The minimum atomic E-state index is -4.56. The average molecular weight is 219 g/mol. The molecule has 0 atom stereocenters. The summed E-state index contributed by atoms with van der Waals surface area (Å²) in [7, 11) is 0. The third-order valence-electron chi connectivity index (χ3n) is 1.80. The normalized spacial score (nSPS) is 11.5. The first-order valence-electron chi connectivity index (χ1n) is 3.99. The summed E-state index contributed by atoms with van der Waals surface area (Å²) in [6.07, 6.45) is -4.56. The Bertz CT molecular complexity index is 387. The number of nitrogens with two attached hydrogens (primary N) is 1. The first-order valence-corrected chi connectivity index (χ1v) is 3.99. The molecule has 0 saturated carbocycles. The monoisotopic (exact) mass is 219 g/mol. The number of halogens is 3. The number of aromatic carboxylic acids is 1. The van der Waals surface area contributed by atoms with Gasteiger partial charge >= 0.3 is 12.1 Å². The van der Waals surface area contributed by atoms with Gasteiger partial charge in [-0.05, 0) is 23.8 Å². The van der Waals surface area contributed by atoms with Crippen molar-refractivity contribution in [2.75, 3.05) is 0 Å². The van der Waals surface area contributed by atoms with E-state index >= 15 is 0 Å². The van der Waals surface area contributed by atoms with Crippen LogP contribution in [0, 0.1) is 0 Å². The second-order valence-electron chi connectivity index (χ2n) is 2.93. The maximum atomic E-state index is 12.3. The largest absolute Gasteiger partial charge is 0.478 e. The van der Waals surface area contributed by atoms with Gasteiger partial charge in [0, 0.05) is 6.54 Å². The summed E-state index contributed by atoms with van der Waals surface area (Å²) in [4.78, 5) is 10.5. The van der Waals surface area contributed by atoms with Crippen LogP contribution in [0.25, 0.3) is 0 Å². The highest BCUT2D eigenvalue weighted by Crippen LogP contribution is 2.30. The maximum absolute atomic E-state index is 12.3. The van der Waals surface area contributed by atoms with Crippen molar-refractivity contribution in [2.24, 2.45) is 5.73 Å². The summed E-state index contributed by atoms with van der Waals surface area (Å²) in [5.41, 5.74) is 3.90. The highest BCUT2D eigenvalue weighted by atomic mass is 19.4. The Hall–Kier alpha value is -1.56. The van der Waals surface area contributed by atoms with Gasteiger partial charge in [-0.25, -0.2) is 4.79 Å². The third-order valence-corrected chi connectivity index (χ3v) is 1.80. The summed E-state index contributed by atoms with van der Waals surface area (Å²) in [5.74, 6) is -1.41. The van der Waals surface area contributed by atoms with Crippen LogP contribution in [0.5, 0.6) is 0 Å². The van der Waals surface area contributed by atoms with Crippen molar-refractivity contribution in [1.82, 2.24) is 0 Å². The molecule has 0 aliphatic carbocycles. The van der Waals surface area contributed by atoms with Gasteiger partial charge in [-0.3, -0.25) is 0 Å². The minimum absolute atomic E-state index is 0.135. The SMILES string of the molecule is NCc1cc(C(=O)O)cc(C(F)(F)F)c1. The van der Waals surface area contributed by atoms with E-state index in [1.54, 1.807) is 0 Å². The Balaban J connectivity index is 3.30. The summed E-state index contributed by atoms with van der Waals surface area (Å²) < 4.78 is 36.9. The molecule has 15 heavy (non-hydrogen) atoms. The van der Waals surface area contributed by atoms with Gasteiger partial charge in [-0.2, -0.15) is 13.2 Å². The van der Waals surface area contributed by atoms with Gasteiger partial charge in [-0.1, -0.05) is 0 Å². The van der Waals surface area contributed by atoms with Gasteiger partial charge in [0.1, 0.15) is 0 Å². The Morgan fingerprint density at radius 3 is 2.33 bits per heavy atom. The average Bonchev–Trinajstić information content (AvgIpc) is 2.15. The predicted octanol–water partition coefficient (Wildman–Crippen LogP) is 1.86. The van der Waals surface area contributed by atoms with Crippen molar-refractivity contribution in [3.63, 3.8) is 0 Å². The molecule has 0 bridgehead atoms. The van der Waals surface area contributed by atoms with Gasteiger partial charge < -0.3 is 10.8 Å². The van der Waals surface area contributed by atoms with Crippen LogP contribution in [0.1, 0.15) is 21.5 Å². The van der Waals surface area contributed by atoms with Crippen LogP contribution < -0.4 is 5.73 Å². The lowest BCUT2D eigenvalue weighted by Crippen LogP contribution is -2.10. The Morgan fingerprint density at radius 1 is 1.33 bits per heavy atom. The summed E-state index contributed by atoms with van der Waals surface area (Å²) in [6.45, 7) is -0.135. The van der Waals surface area contributed by atoms with Crippen molar-refractivity contribution in [3.05, 3.63) is 34.9 Å². The van der Waals surface area contributed by atoms with Crippen molar-refractivity contribution < 1.29 is 23.1 Å². The number of carboxylic acid groups (broad SMARTS) is 1. The molecule has 0 amide bonds. The molecule has 0 fully saturated rings. The second-order valence-corrected chi connectivity index (χ2v) is 2.93. The van der Waals surface area contributed by atoms with Gasteiger partial charge in [0.2, 0.25) is 0 Å². The van der Waals surface area contributed by atoms with Crippen molar-refractivity contribution in [1.29, 1.82) is 0 Å². The Morgan fingerprint density at radius 2 is 1.93 bits per heavy atom. The zero-order valence-electron chi connectivity index (χ0n) is 7.51. The van der Waals surface area contributed by atoms with Gasteiger partial charge in [-0.15, -0.1) is 0 Å². The van der Waals surface area contributed by atoms with E-state index in [-0.39, 0.29) is 12.1 Å². The van der Waals surface area contributed by atoms with E-state index < -0.39 is 23.3 Å². The fraction of sp³-hybridized carbons (Fsp3) is 0.222. The van der Waals surface area contributed by atoms with Crippen LogP contribution in [-0.2, 0) is 12.7 Å². The van der Waals surface area contributed by atoms with Crippen LogP contribution in [0.2, 0.25) is 0 Å². The van der Waals surface area contributed by atoms with Crippen LogP contribution in [0.15, 0.2) is 18.2 Å². The van der Waals surface area contributed by atoms with E-state index in [2.05, 4.69) is 0 Å². The predicted molar refractivity (Wildman–Crippen MR) is 46.3 cm³/mol. The number of rotatable bonds is 2. The molecule has 0 unspecified atom stereocenters. The molecule has 6 heteroatoms. The highest BCUT2D eigenvalue weighted by Gasteiger charge is 2.31. The lowest BCUT2D eigenvalue weighted by Gasteiger charge is -2.09. The molecule has 82 valence electrons. The number of hydrogen-bond donors (Lipinski definition) is 2. The zero-order valence-corrected chi connectivity index (χ0v) is 7.51. The number of hydrogen-bond acceptors (Lipinski definition) is 2. The standard InChI is InChI=1S/C9H8F3NO2/c10-9(11,12)7-2-5(4-13)1-6(3-7)8(14)15/h1-3H,4,13H2,(H,14,15). The summed E-state index contributed by atoms with van der Waals surface area (Å²) in [5, 5.41) is 8.59. The number of alkyl halides is 3. The van der Waals surface area contributed by atoms with Crippen molar-refractivity contribution in [3.8, 4) is 0 Å². The molecule has 0 aliphatic heterocycles. The van der Waals surface area contributed by atoms with E-state index in [9.17, 15) is 18.0 Å². The molecule has 1 rings (SSSR count). The van der Waals surface area contributed by atoms with E-state index in [0.717, 1.165) is 12.1 Å². The van der Waals surface area contributed by atoms with Gasteiger partial charge in [0.25, 0.3) is 0 Å². The Kier molecular flexibility index (Phi) is 2.99. The lowest BCUT2D eigenvalue weighted by atomic mass is 10.1. The van der Waals surface area contributed by atoms with Crippen LogP contribution >= 0.6 is 0 Å². The van der Waals surface area contributed by atoms with Crippen molar-refractivity contribution >= 4 is 5.97 Å². The summed E-state index contributed by atoms with van der Waals surface area (Å²) in [6, 6.07) is 2.55. The highest BCUT2D eigenvalue weighted by molar-refractivity contribution is 5.88. The molecule has 1 aromatic rings. The molecule has 0 radical (unpaired) electrons. The zero-order chi connectivity index (χ0) is 11.6. The molecule has 0 spiro atoms. The summed E-state index contributed by atoms with van der Waals surface area (Å²) >= 11 is 0. The molecule has 0 aromatic heterocycles. The Labute approximate surface area is 83.3 Å². The number of carbonyl (C=O) groups is 1. The van der Waals surface area contributed by atoms with Crippen LogP contribution in [0.4, 0.5) is 13.2 Å². The molecule has 0 aliphatic rings. The quantitative estimate of drug-likeness (QED) is 0.797. The van der Waals surface area contributed by atoms with E-state index in [1.165, 1.54) is 0 Å². The fourth-order valence-corrected chi connectivity index (χ4v) is 1.10. The molecule has 0 saturated heterocycles. The number of carboxylic acids is 1. The van der Waals surface area contributed by atoms with Gasteiger partial charge in [0.15, 0.2) is 0 Å². The van der Waals surface area contributed by atoms with Crippen LogP contribution in [0.3, 0.4) is 0 Å². The lowest BCUT2D eigenvalue weighted by molar-refractivity contribution is -0.137. The molecule has 0 heterocycles. The van der Waals surface area contributed by atoms with Gasteiger partial charge in [0.05, 0.1) is 11.1 Å². The van der Waals surface area contributed by atoms with E-state index in [1.807, 2.05) is 0 Å². The smallest absolute Gasteiger partial charge is 0.416 e. The fourth-order valence-electron chi connectivity index (χ4n) is 1.10. The van der Waals surface area contributed by atoms with Crippen molar-refractivity contribution in [2.45, 2.75) is 12.7 Å². The maximum Gasteiger partial charge on any atom is 0.416 e. The first-order chi connectivity index (χ1) is 6.84. The third kappa shape index (κ3) is 2.69. The molecule has 1 aromatic carbocycles. The minimum Gasteiger partial charge on any atom is -0.478 e. The molecule has 3 nitrogen and oxygen atoms in total. The van der Waals surface area contributed by atoms with Crippen LogP contribution in [-0.4, -0.2) is 11.1 Å². The first kappa shape index (κ1) is 11.5. The van der Waals surface area contributed by atoms with E-state index in [4.69, 9.17) is 10.8 Å². The second kappa shape index (κ2) is 3.90. The van der Waals surface area contributed by atoms with E-state index in [0.29, 0.717) is 6.07 Å². The molecular formula is C9H8F3NO2. The number of benzene rings is 1.